The van der Waals surface area contributed by atoms with Crippen molar-refractivity contribution in [2.75, 3.05) is 118 Å². The van der Waals surface area contributed by atoms with Crippen LogP contribution in [0.25, 0.3) is 44.7 Å². The van der Waals surface area contributed by atoms with Gasteiger partial charge in [-0.3, -0.25) is 24.4 Å². The minimum absolute atomic E-state index is 0.106. The number of halogens is 9. The first kappa shape index (κ1) is 108. The zero-order chi connectivity index (χ0) is 104. The SMILES string of the molecule is CC1CN(c2cnc3c(C#N)nn(C(C)c4ccc(Cl)cc4Cl)c3n2)CCC1N1CCCC(CO)C1.Cc1nn(C(C)c2ccc(Cl)cc2Cl)c2nc(N3CCC(N4CCC(F)CC4)C(C)C3)cnc12.Cc1nn(C(C)c2ccc(Cl)cc2Cl)c2nc(N3CCC(N4CCCC4C(C)CC(=O)O)C(C)C3)cnc12.Cc1nn(C(C)c2ccc(Cl)cc2Cl)c2nc(N3CCC(N4CCCC4CC(O)C(=O)O)C(C)C3)cnc12. The van der Waals surface area contributed by atoms with Gasteiger partial charge in [0.1, 0.15) is 57.6 Å². The third kappa shape index (κ3) is 23.7. The molecule has 780 valence electrons. The number of hydrogen-bond donors (Lipinski definition) is 4. The number of rotatable bonds is 23. The first-order valence-corrected chi connectivity index (χ1v) is 54.5. The van der Waals surface area contributed by atoms with E-state index in [0.29, 0.717) is 124 Å². The Labute approximate surface area is 892 Å². The molecule has 12 aromatic rings. The van der Waals surface area contributed by atoms with Crippen molar-refractivity contribution in [3.8, 4) is 6.07 Å². The molecular weight excluding hydrogens is 2020 g/mol. The Hall–Kier alpha value is -9.28. The van der Waals surface area contributed by atoms with Crippen LogP contribution in [0.1, 0.15) is 221 Å². The molecule has 17 unspecified atom stereocenters. The summed E-state index contributed by atoms with van der Waals surface area (Å²) < 4.78 is 21.0. The zero-order valence-corrected chi connectivity index (χ0v) is 90.9. The Kier molecular flexibility index (Phi) is 34.8. The normalized spacial score (nSPS) is 24.0. The van der Waals surface area contributed by atoms with E-state index in [1.54, 1.807) is 41.2 Å². The van der Waals surface area contributed by atoms with E-state index in [-0.39, 0.29) is 61.3 Å². The van der Waals surface area contributed by atoms with Crippen LogP contribution in [0.3, 0.4) is 0 Å². The highest BCUT2D eigenvalue weighted by Crippen LogP contribution is 2.43. The molecule has 0 bridgehead atoms. The van der Waals surface area contributed by atoms with E-state index in [0.717, 1.165) is 252 Å². The van der Waals surface area contributed by atoms with Crippen LogP contribution in [0.15, 0.2) is 97.6 Å². The second-order valence-corrected chi connectivity index (χ2v) is 45.0. The molecule has 31 nitrogen and oxygen atoms in total. The first-order valence-electron chi connectivity index (χ1n) is 51.5. The van der Waals surface area contributed by atoms with Crippen LogP contribution in [0.4, 0.5) is 27.7 Å². The van der Waals surface area contributed by atoms with Gasteiger partial charge in [0.15, 0.2) is 34.4 Å². The maximum absolute atomic E-state index is 13.6. The topological polar surface area (TPSA) is 339 Å². The molecular formula is C106H132Cl8FN25O6. The number of piperidine rings is 6. The summed E-state index contributed by atoms with van der Waals surface area (Å²) >= 11 is 50.4. The van der Waals surface area contributed by atoms with Gasteiger partial charge in [0.25, 0.3) is 0 Å². The van der Waals surface area contributed by atoms with E-state index in [1.165, 1.54) is 0 Å². The predicted octanol–water partition coefficient (Wildman–Crippen LogP) is 20.6. The number of hydrogen-bond acceptors (Lipinski definition) is 25. The molecule has 16 heterocycles. The molecule has 146 heavy (non-hydrogen) atoms. The number of carbonyl (C=O) groups is 2. The molecule has 0 radical (unpaired) electrons. The largest absolute Gasteiger partial charge is 0.481 e. The van der Waals surface area contributed by atoms with Crippen molar-refractivity contribution in [2.24, 2.45) is 35.5 Å². The summed E-state index contributed by atoms with van der Waals surface area (Å²) in [5.74, 6) is 3.75. The Morgan fingerprint density at radius 1 is 0.432 bits per heavy atom. The lowest BCUT2D eigenvalue weighted by Crippen LogP contribution is -2.53. The van der Waals surface area contributed by atoms with Gasteiger partial charge < -0.3 is 40.0 Å². The molecule has 0 saturated carbocycles. The fourth-order valence-corrected chi connectivity index (χ4v) is 26.3. The Morgan fingerprint density at radius 2 is 0.781 bits per heavy atom. The van der Waals surface area contributed by atoms with Gasteiger partial charge in [-0.25, -0.2) is 67.8 Å². The summed E-state index contributed by atoms with van der Waals surface area (Å²) in [5, 5.41) is 71.2. The summed E-state index contributed by atoms with van der Waals surface area (Å²) in [6, 6.07) is 25.7. The van der Waals surface area contributed by atoms with Crippen molar-refractivity contribution in [2.45, 2.75) is 246 Å². The standard InChI is InChI=1S/C28H36Cl2N6O2.C27H34Cl2N6O3.C26H31Cl2N7O.C25H31Cl2FN6/c1-16(12-26(37)38)23-6-5-10-35(23)24-9-11-34(15-17(24)2)25-14-31-27-18(3)33-36(28(27)32-25)19(4)21-8-7-20(29)13-22(21)30;1-15-14-33(10-8-22(15)34-9-4-5-19(34)12-23(36)27(37)38)24-13-30-25-16(2)32-35(26(25)31-24)17(3)20-7-6-18(28)11-21(20)29;1-16-13-34(9-7-23(16)33-8-3-4-18(14-33)15-36)24-12-30-25-22(11-29)32-35(26(25)31-24)17(2)20-6-5-19(27)10-21(20)28;1-15-14-33(11-8-22(15)32-9-6-19(28)7-10-32)23-13-29-24-16(2)31-34(25(24)30-23)17(3)20-5-4-18(26)12-21(20)27/h7-8,13-14,16-17,19,23-24H,5-6,9-12,15H2,1-4H3,(H,37,38);6-7,11,13,15,17,19,22-23,36H,4-5,8-10,12,14H2,1-3H3,(H,37,38);5-6,10,12,16-18,23,36H,3-4,7-9,13-15H2,1-2H3;4-5,12-13,15,17,19,22H,6-11,14H2,1-3H3. The van der Waals surface area contributed by atoms with Gasteiger partial charge in [-0.2, -0.15) is 25.7 Å². The van der Waals surface area contributed by atoms with Crippen molar-refractivity contribution in [3.63, 3.8) is 0 Å². The minimum Gasteiger partial charge on any atom is -0.481 e. The summed E-state index contributed by atoms with van der Waals surface area (Å²) in [4.78, 5) is 80.8. The first-order chi connectivity index (χ1) is 70.0. The van der Waals surface area contributed by atoms with E-state index in [2.05, 4.69) is 104 Å². The molecule has 8 aromatic heterocycles. The fourth-order valence-electron chi connectivity index (χ4n) is 24.0. The van der Waals surface area contributed by atoms with Gasteiger partial charge in [-0.15, -0.1) is 0 Å². The number of fused-ring (bicyclic) bond motifs is 4. The molecule has 8 fully saturated rings. The second kappa shape index (κ2) is 47.1. The highest BCUT2D eigenvalue weighted by molar-refractivity contribution is 6.37. The van der Waals surface area contributed by atoms with Crippen LogP contribution in [0, 0.1) is 67.6 Å². The number of nitrogens with zero attached hydrogens (tertiary/aromatic N) is 25. The molecule has 8 aliphatic heterocycles. The number of carboxylic acids is 2. The van der Waals surface area contributed by atoms with E-state index < -0.39 is 24.2 Å². The highest BCUT2D eigenvalue weighted by atomic mass is 35.5. The molecule has 0 aliphatic carbocycles. The lowest BCUT2D eigenvalue weighted by atomic mass is 9.89. The van der Waals surface area contributed by atoms with Gasteiger partial charge in [0, 0.05) is 161 Å². The molecule has 4 aromatic carbocycles. The van der Waals surface area contributed by atoms with Crippen LogP contribution in [0.5, 0.6) is 0 Å². The van der Waals surface area contributed by atoms with Crippen LogP contribution < -0.4 is 19.6 Å². The third-order valence-corrected chi connectivity index (χ3v) is 34.0. The Bertz CT molecular complexity index is 6700. The summed E-state index contributed by atoms with van der Waals surface area (Å²) in [5.41, 5.74) is 12.0. The van der Waals surface area contributed by atoms with E-state index in [1.807, 2.05) is 110 Å². The number of anilines is 4. The van der Waals surface area contributed by atoms with Crippen molar-refractivity contribution in [1.82, 2.24) is 98.6 Å². The zero-order valence-electron chi connectivity index (χ0n) is 84.8. The molecule has 20 rings (SSSR count). The monoisotopic (exact) mass is 2150 g/mol. The van der Waals surface area contributed by atoms with Crippen LogP contribution >= 0.6 is 92.8 Å². The van der Waals surface area contributed by atoms with Crippen LogP contribution in [0.2, 0.25) is 40.2 Å². The van der Waals surface area contributed by atoms with Crippen molar-refractivity contribution in [1.29, 1.82) is 5.26 Å². The van der Waals surface area contributed by atoms with Crippen LogP contribution in [-0.2, 0) is 9.59 Å². The van der Waals surface area contributed by atoms with Gasteiger partial charge >= 0.3 is 11.9 Å². The summed E-state index contributed by atoms with van der Waals surface area (Å²) in [6.07, 6.45) is 17.7. The highest BCUT2D eigenvalue weighted by Gasteiger charge is 2.44. The third-order valence-electron chi connectivity index (χ3n) is 31.8. The smallest absolute Gasteiger partial charge is 0.332 e. The Balaban J connectivity index is 0.000000133. The number of nitriles is 1. The maximum atomic E-state index is 13.6. The quantitative estimate of drug-likeness (QED) is 0.0462. The molecule has 8 saturated heterocycles. The van der Waals surface area contributed by atoms with Crippen LogP contribution in [-0.4, -0.2) is 278 Å². The average molecular weight is 2160 g/mol. The number of alkyl halides is 1. The predicted molar refractivity (Wildman–Crippen MR) is 577 cm³/mol. The van der Waals surface area contributed by atoms with E-state index in [4.69, 9.17) is 148 Å². The number of aliphatic carboxylic acids is 2. The molecule has 40 heteroatoms. The molecule has 0 spiro atoms. The fraction of sp³-hybridized carbons (Fsp3) is 0.557. The van der Waals surface area contributed by atoms with E-state index >= 15 is 0 Å². The lowest BCUT2D eigenvalue weighted by molar-refractivity contribution is -0.147. The average Bonchev–Trinajstić information content (AvgIpc) is 1.62. The van der Waals surface area contributed by atoms with Crippen molar-refractivity contribution < 1.29 is 34.4 Å². The molecule has 0 amide bonds. The van der Waals surface area contributed by atoms with Gasteiger partial charge in [-0.05, 0) is 258 Å². The number of aliphatic hydroxyl groups is 2. The maximum Gasteiger partial charge on any atom is 0.332 e. The van der Waals surface area contributed by atoms with Crippen molar-refractivity contribution in [3.05, 3.63) is 183 Å². The molecule has 8 aliphatic rings. The van der Waals surface area contributed by atoms with Gasteiger partial charge in [0.2, 0.25) is 0 Å². The Morgan fingerprint density at radius 3 is 1.15 bits per heavy atom. The molecule has 17 atom stereocenters. The second-order valence-electron chi connectivity index (χ2n) is 41.6. The number of aryl methyl sites for hydroxylation is 3. The number of carboxylic acid groups (broad SMARTS) is 2. The summed E-state index contributed by atoms with van der Waals surface area (Å²) in [7, 11) is 0. The number of aromatic nitrogens is 16. The number of aliphatic hydroxyl groups excluding tert-OH is 2. The van der Waals surface area contributed by atoms with Crippen molar-refractivity contribution >= 4 is 173 Å². The summed E-state index contributed by atoms with van der Waals surface area (Å²) in [6.45, 7) is 38.3. The number of benzene rings is 4. The van der Waals surface area contributed by atoms with Gasteiger partial charge in [0.05, 0.1) is 66.0 Å². The van der Waals surface area contributed by atoms with Gasteiger partial charge in [-0.1, -0.05) is 152 Å². The van der Waals surface area contributed by atoms with E-state index in [9.17, 15) is 34.6 Å². The minimum atomic E-state index is -1.31. The number of likely N-dealkylation sites (tertiary alicyclic amines) is 4. The lowest BCUT2D eigenvalue weighted by Gasteiger charge is -2.45. The molecule has 4 N–H and O–H groups in total.